The molecule has 0 aliphatic carbocycles. The number of nitrogen functional groups attached to an aromatic ring is 1. The Morgan fingerprint density at radius 1 is 1.33 bits per heavy atom. The molecule has 1 aromatic heterocycles. The summed E-state index contributed by atoms with van der Waals surface area (Å²) in [6, 6.07) is 4.88. The molecule has 0 amide bonds. The number of halogens is 1. The number of rotatable bonds is 1. The van der Waals surface area contributed by atoms with Gasteiger partial charge in [-0.1, -0.05) is 6.92 Å². The number of hydrogen-bond acceptors (Lipinski definition) is 2. The van der Waals surface area contributed by atoms with Crippen LogP contribution in [-0.2, 0) is 6.42 Å². The molecule has 2 N–H and O–H groups in total. The average Bonchev–Trinajstić information content (AvgIpc) is 2.18. The molecule has 0 aliphatic rings. The van der Waals surface area contributed by atoms with E-state index in [1.54, 1.807) is 0 Å². The molecule has 0 unspecified atom stereocenters. The highest BCUT2D eigenvalue weighted by Gasteiger charge is 2.06. The number of fused-ring (bicyclic) bond motifs is 1. The average molecular weight is 204 g/mol. The predicted molar refractivity (Wildman–Crippen MR) is 60.2 cm³/mol. The van der Waals surface area contributed by atoms with E-state index in [0.717, 1.165) is 28.5 Å². The summed E-state index contributed by atoms with van der Waals surface area (Å²) >= 11 is 0. The van der Waals surface area contributed by atoms with E-state index in [4.69, 9.17) is 5.73 Å². The number of nitrogens with zero attached hydrogens (tertiary/aromatic N) is 1. The van der Waals surface area contributed by atoms with Crippen molar-refractivity contribution >= 4 is 16.7 Å². The molecular formula is C12H13FN2. The molecule has 2 aromatic rings. The van der Waals surface area contributed by atoms with Crippen LogP contribution in [0.2, 0.25) is 0 Å². The molecule has 0 saturated heterocycles. The Hall–Kier alpha value is -1.64. The van der Waals surface area contributed by atoms with Crippen LogP contribution in [0, 0.1) is 12.7 Å². The zero-order chi connectivity index (χ0) is 11.0. The highest BCUT2D eigenvalue weighted by Crippen LogP contribution is 2.22. The molecule has 3 heteroatoms. The molecule has 1 heterocycles. The van der Waals surface area contributed by atoms with Crippen LogP contribution in [-0.4, -0.2) is 4.98 Å². The van der Waals surface area contributed by atoms with Crippen molar-refractivity contribution in [3.05, 3.63) is 35.1 Å². The zero-order valence-electron chi connectivity index (χ0n) is 8.84. The Balaban J connectivity index is 2.81. The number of benzene rings is 1. The first-order valence-electron chi connectivity index (χ1n) is 4.97. The highest BCUT2D eigenvalue weighted by atomic mass is 19.1. The summed E-state index contributed by atoms with van der Waals surface area (Å²) in [7, 11) is 0. The molecule has 0 spiro atoms. The molecule has 2 nitrogen and oxygen atoms in total. The Morgan fingerprint density at radius 2 is 2.07 bits per heavy atom. The fourth-order valence-corrected chi connectivity index (χ4v) is 1.76. The summed E-state index contributed by atoms with van der Waals surface area (Å²) in [6.45, 7) is 3.84. The third kappa shape index (κ3) is 1.65. The quantitative estimate of drug-likeness (QED) is 0.775. The van der Waals surface area contributed by atoms with Gasteiger partial charge in [-0.3, -0.25) is 0 Å². The van der Waals surface area contributed by atoms with Gasteiger partial charge in [0.1, 0.15) is 11.6 Å². The first-order valence-corrected chi connectivity index (χ1v) is 4.97. The Kier molecular flexibility index (Phi) is 2.31. The number of anilines is 1. The minimum absolute atomic E-state index is 0.228. The van der Waals surface area contributed by atoms with Gasteiger partial charge in [-0.2, -0.15) is 0 Å². The van der Waals surface area contributed by atoms with Gasteiger partial charge in [0.25, 0.3) is 0 Å². The van der Waals surface area contributed by atoms with Gasteiger partial charge in [-0.05, 0) is 42.7 Å². The van der Waals surface area contributed by atoms with Gasteiger partial charge in [0, 0.05) is 5.39 Å². The SMILES string of the molecule is CCc1cc2cc(F)cc(C)c2nc1N. The first-order chi connectivity index (χ1) is 7.11. The number of aromatic nitrogens is 1. The fourth-order valence-electron chi connectivity index (χ4n) is 1.76. The monoisotopic (exact) mass is 204 g/mol. The molecule has 0 fully saturated rings. The summed E-state index contributed by atoms with van der Waals surface area (Å²) in [6.07, 6.45) is 0.810. The lowest BCUT2D eigenvalue weighted by Crippen LogP contribution is -1.98. The fraction of sp³-hybridized carbons (Fsp3) is 0.250. The van der Waals surface area contributed by atoms with Crippen LogP contribution in [0.15, 0.2) is 18.2 Å². The third-order valence-electron chi connectivity index (χ3n) is 2.57. The minimum atomic E-state index is -0.228. The lowest BCUT2D eigenvalue weighted by molar-refractivity contribution is 0.628. The predicted octanol–water partition coefficient (Wildman–Crippen LogP) is 2.83. The van der Waals surface area contributed by atoms with Crippen LogP contribution in [0.3, 0.4) is 0 Å². The maximum Gasteiger partial charge on any atom is 0.127 e. The van der Waals surface area contributed by atoms with Crippen molar-refractivity contribution in [2.24, 2.45) is 0 Å². The van der Waals surface area contributed by atoms with Crippen molar-refractivity contribution < 1.29 is 4.39 Å². The molecule has 1 aromatic carbocycles. The van der Waals surface area contributed by atoms with Crippen LogP contribution in [0.1, 0.15) is 18.1 Å². The molecule has 0 radical (unpaired) electrons. The van der Waals surface area contributed by atoms with Crippen molar-refractivity contribution in [2.75, 3.05) is 5.73 Å². The second-order valence-electron chi connectivity index (χ2n) is 3.68. The van der Waals surface area contributed by atoms with Gasteiger partial charge in [0.05, 0.1) is 5.52 Å². The summed E-state index contributed by atoms with van der Waals surface area (Å²) in [5.74, 6) is 0.313. The summed E-state index contributed by atoms with van der Waals surface area (Å²) in [5.41, 5.74) is 8.37. The van der Waals surface area contributed by atoms with E-state index in [9.17, 15) is 4.39 Å². The zero-order valence-corrected chi connectivity index (χ0v) is 8.84. The molecule has 0 bridgehead atoms. The van der Waals surface area contributed by atoms with Crippen LogP contribution in [0.25, 0.3) is 10.9 Å². The van der Waals surface area contributed by atoms with E-state index in [2.05, 4.69) is 4.98 Å². The molecular weight excluding hydrogens is 191 g/mol. The Labute approximate surface area is 87.9 Å². The van der Waals surface area contributed by atoms with Crippen LogP contribution in [0.4, 0.5) is 10.2 Å². The largest absolute Gasteiger partial charge is 0.383 e. The van der Waals surface area contributed by atoms with E-state index in [1.165, 1.54) is 12.1 Å². The first kappa shape index (κ1) is 9.90. The lowest BCUT2D eigenvalue weighted by atomic mass is 10.1. The maximum absolute atomic E-state index is 13.2. The van der Waals surface area contributed by atoms with Crippen LogP contribution in [0.5, 0.6) is 0 Å². The van der Waals surface area contributed by atoms with E-state index in [-0.39, 0.29) is 5.82 Å². The standard InChI is InChI=1S/C12H13FN2/c1-3-8-5-9-6-10(13)4-7(2)11(9)15-12(8)14/h4-6H,3H2,1-2H3,(H2,14,15). The van der Waals surface area contributed by atoms with Gasteiger partial charge in [0.15, 0.2) is 0 Å². The number of hydrogen-bond donors (Lipinski definition) is 1. The van der Waals surface area contributed by atoms with E-state index < -0.39 is 0 Å². The Morgan fingerprint density at radius 3 is 2.73 bits per heavy atom. The second kappa shape index (κ2) is 3.50. The smallest absolute Gasteiger partial charge is 0.127 e. The normalized spacial score (nSPS) is 10.9. The van der Waals surface area contributed by atoms with Gasteiger partial charge in [-0.15, -0.1) is 0 Å². The summed E-state index contributed by atoms with van der Waals surface area (Å²) in [5, 5.41) is 0.818. The maximum atomic E-state index is 13.2. The Bertz CT molecular complexity index is 521. The summed E-state index contributed by atoms with van der Waals surface area (Å²) < 4.78 is 13.2. The third-order valence-corrected chi connectivity index (χ3v) is 2.57. The second-order valence-corrected chi connectivity index (χ2v) is 3.68. The van der Waals surface area contributed by atoms with Crippen LogP contribution >= 0.6 is 0 Å². The van der Waals surface area contributed by atoms with E-state index in [0.29, 0.717) is 5.82 Å². The summed E-state index contributed by atoms with van der Waals surface area (Å²) in [4.78, 5) is 4.30. The van der Waals surface area contributed by atoms with Crippen molar-refractivity contribution in [1.82, 2.24) is 4.98 Å². The lowest BCUT2D eigenvalue weighted by Gasteiger charge is -2.07. The van der Waals surface area contributed by atoms with Gasteiger partial charge in [0.2, 0.25) is 0 Å². The highest BCUT2D eigenvalue weighted by molar-refractivity contribution is 5.84. The van der Waals surface area contributed by atoms with Gasteiger partial charge < -0.3 is 5.73 Å². The number of aryl methyl sites for hydroxylation is 2. The van der Waals surface area contributed by atoms with Gasteiger partial charge in [-0.25, -0.2) is 9.37 Å². The molecule has 15 heavy (non-hydrogen) atoms. The minimum Gasteiger partial charge on any atom is -0.383 e. The topological polar surface area (TPSA) is 38.9 Å². The van der Waals surface area contributed by atoms with Crippen LogP contribution < -0.4 is 5.73 Å². The van der Waals surface area contributed by atoms with E-state index >= 15 is 0 Å². The van der Waals surface area contributed by atoms with E-state index in [1.807, 2.05) is 19.9 Å². The number of pyridine rings is 1. The van der Waals surface area contributed by atoms with Crippen molar-refractivity contribution in [1.29, 1.82) is 0 Å². The molecule has 78 valence electrons. The van der Waals surface area contributed by atoms with Crippen molar-refractivity contribution in [2.45, 2.75) is 20.3 Å². The molecule has 0 saturated carbocycles. The van der Waals surface area contributed by atoms with Crippen molar-refractivity contribution in [3.8, 4) is 0 Å². The molecule has 2 rings (SSSR count). The number of nitrogens with two attached hydrogens (primary N) is 1. The van der Waals surface area contributed by atoms with Gasteiger partial charge >= 0.3 is 0 Å². The van der Waals surface area contributed by atoms with Crippen molar-refractivity contribution in [3.63, 3.8) is 0 Å². The molecule has 0 atom stereocenters. The molecule has 0 aliphatic heterocycles.